The molecule has 0 fully saturated rings. The summed E-state index contributed by atoms with van der Waals surface area (Å²) in [6.07, 6.45) is 1.17. The molecule has 0 amide bonds. The number of nitrogens with two attached hydrogens (primary N) is 1. The van der Waals surface area contributed by atoms with Crippen molar-refractivity contribution < 1.29 is 9.84 Å². The van der Waals surface area contributed by atoms with Gasteiger partial charge in [0.1, 0.15) is 17.5 Å². The van der Waals surface area contributed by atoms with Crippen LogP contribution in [0.1, 0.15) is 19.2 Å². The molecule has 1 unspecified atom stereocenters. The molecule has 1 rings (SSSR count). The van der Waals surface area contributed by atoms with Crippen LogP contribution in [0.3, 0.4) is 0 Å². The van der Waals surface area contributed by atoms with Gasteiger partial charge in [0, 0.05) is 26.1 Å². The second-order valence-electron chi connectivity index (χ2n) is 3.94. The van der Waals surface area contributed by atoms with Gasteiger partial charge in [-0.15, -0.1) is 0 Å². The van der Waals surface area contributed by atoms with Crippen molar-refractivity contribution in [3.63, 3.8) is 0 Å². The number of aryl methyl sites for hydroxylation is 1. The zero-order valence-corrected chi connectivity index (χ0v) is 10.8. The summed E-state index contributed by atoms with van der Waals surface area (Å²) < 4.78 is 4.84. The van der Waals surface area contributed by atoms with Gasteiger partial charge < -0.3 is 20.6 Å². The largest absolute Gasteiger partial charge is 0.389 e. The molecule has 0 aliphatic rings. The summed E-state index contributed by atoms with van der Waals surface area (Å²) in [6.45, 7) is 2.70. The maximum absolute atomic E-state index is 9.54. The lowest BCUT2D eigenvalue weighted by atomic mass is 10.3. The lowest BCUT2D eigenvalue weighted by Gasteiger charge is -2.12. The predicted octanol–water partition coefficient (Wildman–Crippen LogP) is 0.134. The molecule has 0 saturated carbocycles. The zero-order valence-electron chi connectivity index (χ0n) is 10.8. The Morgan fingerprint density at radius 1 is 1.44 bits per heavy atom. The molecule has 1 aromatic rings. The number of anilines is 2. The van der Waals surface area contributed by atoms with Gasteiger partial charge >= 0.3 is 0 Å². The van der Waals surface area contributed by atoms with E-state index < -0.39 is 6.10 Å². The average Bonchev–Trinajstić information content (AvgIpc) is 2.37. The fourth-order valence-corrected chi connectivity index (χ4v) is 1.47. The van der Waals surface area contributed by atoms with Crippen molar-refractivity contribution in [2.24, 2.45) is 5.84 Å². The fraction of sp³-hybridized carbons (Fsp3) is 0.636. The van der Waals surface area contributed by atoms with Crippen molar-refractivity contribution in [3.05, 3.63) is 11.9 Å². The van der Waals surface area contributed by atoms with Crippen LogP contribution in [0, 0.1) is 0 Å². The normalized spacial score (nSPS) is 12.2. The number of hydrogen-bond donors (Lipinski definition) is 4. The summed E-state index contributed by atoms with van der Waals surface area (Å²) in [5.74, 6) is 7.26. The van der Waals surface area contributed by atoms with Gasteiger partial charge in [-0.05, 0) is 6.42 Å². The summed E-state index contributed by atoms with van der Waals surface area (Å²) in [6, 6.07) is 1.69. The summed E-state index contributed by atoms with van der Waals surface area (Å²) >= 11 is 0. The van der Waals surface area contributed by atoms with Crippen LogP contribution in [-0.2, 0) is 11.2 Å². The van der Waals surface area contributed by atoms with E-state index in [0.29, 0.717) is 18.2 Å². The van der Waals surface area contributed by atoms with Gasteiger partial charge in [-0.25, -0.2) is 15.8 Å². The minimum Gasteiger partial charge on any atom is -0.389 e. The van der Waals surface area contributed by atoms with Crippen LogP contribution in [0.25, 0.3) is 0 Å². The second kappa shape index (κ2) is 7.80. The molecule has 102 valence electrons. The SMILES string of the molecule is CCCc1nc(NN)cc(NCC(O)COC)n1. The molecule has 0 aliphatic heterocycles. The highest BCUT2D eigenvalue weighted by Gasteiger charge is 2.06. The van der Waals surface area contributed by atoms with Gasteiger partial charge in [0.05, 0.1) is 12.7 Å². The van der Waals surface area contributed by atoms with Crippen molar-refractivity contribution in [1.82, 2.24) is 9.97 Å². The smallest absolute Gasteiger partial charge is 0.145 e. The lowest BCUT2D eigenvalue weighted by Crippen LogP contribution is -2.25. The molecule has 7 nitrogen and oxygen atoms in total. The van der Waals surface area contributed by atoms with Crippen LogP contribution >= 0.6 is 0 Å². The van der Waals surface area contributed by atoms with Crippen LogP contribution < -0.4 is 16.6 Å². The van der Waals surface area contributed by atoms with E-state index in [2.05, 4.69) is 27.6 Å². The second-order valence-corrected chi connectivity index (χ2v) is 3.94. The van der Waals surface area contributed by atoms with Crippen LogP contribution in [-0.4, -0.2) is 41.4 Å². The molecule has 0 aromatic carbocycles. The summed E-state index contributed by atoms with van der Waals surface area (Å²) in [5.41, 5.74) is 2.50. The van der Waals surface area contributed by atoms with Crippen LogP contribution in [0.4, 0.5) is 11.6 Å². The molecular weight excluding hydrogens is 234 g/mol. The molecular formula is C11H21N5O2. The Morgan fingerprint density at radius 3 is 2.78 bits per heavy atom. The number of nitrogens with zero attached hydrogens (tertiary/aromatic N) is 2. The first-order chi connectivity index (χ1) is 8.69. The molecule has 18 heavy (non-hydrogen) atoms. The standard InChI is InChI=1S/C11H21N5O2/c1-3-4-9-14-10(5-11(15-9)16-12)13-6-8(17)7-18-2/h5,8,17H,3-4,6-7,12H2,1-2H3,(H2,13,14,15,16). The maximum atomic E-state index is 9.54. The van der Waals surface area contributed by atoms with Gasteiger partial charge in [0.2, 0.25) is 0 Å². The van der Waals surface area contributed by atoms with Crippen LogP contribution in [0.2, 0.25) is 0 Å². The zero-order chi connectivity index (χ0) is 13.4. The number of nitrogens with one attached hydrogen (secondary N) is 2. The van der Waals surface area contributed by atoms with Crippen molar-refractivity contribution in [2.75, 3.05) is 31.0 Å². The van der Waals surface area contributed by atoms with E-state index >= 15 is 0 Å². The molecule has 0 aliphatic carbocycles. The number of aromatic nitrogens is 2. The van der Waals surface area contributed by atoms with Gasteiger partial charge in [-0.3, -0.25) is 0 Å². The van der Waals surface area contributed by atoms with Crippen LogP contribution in [0.5, 0.6) is 0 Å². The van der Waals surface area contributed by atoms with Crippen molar-refractivity contribution >= 4 is 11.6 Å². The van der Waals surface area contributed by atoms with Gasteiger partial charge in [0.15, 0.2) is 0 Å². The van der Waals surface area contributed by atoms with E-state index in [4.69, 9.17) is 10.6 Å². The Morgan fingerprint density at radius 2 is 2.17 bits per heavy atom. The Kier molecular flexibility index (Phi) is 6.34. The monoisotopic (exact) mass is 255 g/mol. The predicted molar refractivity (Wildman–Crippen MR) is 70.2 cm³/mol. The Labute approximate surface area is 107 Å². The highest BCUT2D eigenvalue weighted by atomic mass is 16.5. The number of ether oxygens (including phenoxy) is 1. The van der Waals surface area contributed by atoms with Gasteiger partial charge in [-0.2, -0.15) is 0 Å². The first kappa shape index (κ1) is 14.6. The first-order valence-corrected chi connectivity index (χ1v) is 5.95. The first-order valence-electron chi connectivity index (χ1n) is 5.95. The van der Waals surface area contributed by atoms with E-state index in [0.717, 1.165) is 18.7 Å². The maximum Gasteiger partial charge on any atom is 0.145 e. The van der Waals surface area contributed by atoms with E-state index in [1.165, 1.54) is 0 Å². The number of nitrogen functional groups attached to an aromatic ring is 1. The molecule has 7 heteroatoms. The average molecular weight is 255 g/mol. The molecule has 1 atom stereocenters. The number of rotatable bonds is 8. The molecule has 1 heterocycles. The summed E-state index contributed by atoms with van der Waals surface area (Å²) in [5, 5.41) is 12.6. The van der Waals surface area contributed by atoms with Crippen molar-refractivity contribution in [3.8, 4) is 0 Å². The Balaban J connectivity index is 2.65. The number of methoxy groups -OCH3 is 1. The van der Waals surface area contributed by atoms with E-state index in [1.807, 2.05) is 0 Å². The summed E-state index contributed by atoms with van der Waals surface area (Å²) in [4.78, 5) is 8.56. The minimum atomic E-state index is -0.575. The Bertz CT molecular complexity index is 361. The third-order valence-electron chi connectivity index (χ3n) is 2.27. The number of hydrazine groups is 1. The number of hydrogen-bond acceptors (Lipinski definition) is 7. The lowest BCUT2D eigenvalue weighted by molar-refractivity contribution is 0.0727. The quantitative estimate of drug-likeness (QED) is 0.386. The van der Waals surface area contributed by atoms with Crippen molar-refractivity contribution in [2.45, 2.75) is 25.9 Å². The highest BCUT2D eigenvalue weighted by Crippen LogP contribution is 2.11. The van der Waals surface area contributed by atoms with Crippen LogP contribution in [0.15, 0.2) is 6.07 Å². The Hall–Kier alpha value is -1.44. The topological polar surface area (TPSA) is 105 Å². The third kappa shape index (κ3) is 4.82. The van der Waals surface area contributed by atoms with E-state index in [1.54, 1.807) is 13.2 Å². The molecule has 0 bridgehead atoms. The number of aliphatic hydroxyl groups is 1. The molecule has 0 saturated heterocycles. The molecule has 1 aromatic heterocycles. The fourth-order valence-electron chi connectivity index (χ4n) is 1.47. The van der Waals surface area contributed by atoms with E-state index in [9.17, 15) is 5.11 Å². The van der Waals surface area contributed by atoms with Crippen molar-refractivity contribution in [1.29, 1.82) is 0 Å². The third-order valence-corrected chi connectivity index (χ3v) is 2.27. The molecule has 0 radical (unpaired) electrons. The van der Waals surface area contributed by atoms with E-state index in [-0.39, 0.29) is 6.61 Å². The highest BCUT2D eigenvalue weighted by molar-refractivity contribution is 5.46. The van der Waals surface area contributed by atoms with Gasteiger partial charge in [-0.1, -0.05) is 6.92 Å². The number of aliphatic hydroxyl groups excluding tert-OH is 1. The molecule has 5 N–H and O–H groups in total. The van der Waals surface area contributed by atoms with Gasteiger partial charge in [0.25, 0.3) is 0 Å². The molecule has 0 spiro atoms. The minimum absolute atomic E-state index is 0.280. The summed E-state index contributed by atoms with van der Waals surface area (Å²) in [7, 11) is 1.55.